The van der Waals surface area contributed by atoms with Gasteiger partial charge in [-0.05, 0) is 30.9 Å². The number of aromatic nitrogens is 1. The zero-order chi connectivity index (χ0) is 12.3. The molecule has 0 aliphatic rings. The third-order valence-corrected chi connectivity index (χ3v) is 3.03. The van der Waals surface area contributed by atoms with Crippen molar-refractivity contribution in [3.8, 4) is 0 Å². The van der Waals surface area contributed by atoms with E-state index in [1.807, 2.05) is 12.1 Å². The first kappa shape index (κ1) is 11.7. The molecule has 0 saturated carbocycles. The lowest BCUT2D eigenvalue weighted by molar-refractivity contribution is -0.140. The van der Waals surface area contributed by atoms with Crippen LogP contribution >= 0.6 is 0 Å². The Morgan fingerprint density at radius 3 is 2.82 bits per heavy atom. The Labute approximate surface area is 101 Å². The lowest BCUT2D eigenvalue weighted by Gasteiger charge is -2.07. The average molecular weight is 231 g/mol. The predicted molar refractivity (Wildman–Crippen MR) is 67.9 cm³/mol. The molecule has 1 heterocycles. The lowest BCUT2D eigenvalue weighted by Crippen LogP contribution is -2.06. The van der Waals surface area contributed by atoms with Crippen LogP contribution in [0, 0.1) is 0 Å². The molecule has 0 saturated heterocycles. The van der Waals surface area contributed by atoms with Gasteiger partial charge in [0.05, 0.1) is 13.5 Å². The summed E-state index contributed by atoms with van der Waals surface area (Å²) in [5, 5.41) is 1.23. The fourth-order valence-electron chi connectivity index (χ4n) is 2.18. The number of esters is 1. The largest absolute Gasteiger partial charge is 0.469 e. The van der Waals surface area contributed by atoms with Gasteiger partial charge in [-0.25, -0.2) is 0 Å². The molecule has 0 aliphatic carbocycles. The Bertz CT molecular complexity index is 528. The number of rotatable bonds is 4. The summed E-state index contributed by atoms with van der Waals surface area (Å²) in [6.07, 6.45) is 1.17. The number of hydrogen-bond acceptors (Lipinski definition) is 2. The summed E-state index contributed by atoms with van der Waals surface area (Å²) in [5.74, 6) is -0.155. The van der Waals surface area contributed by atoms with Gasteiger partial charge in [0.1, 0.15) is 0 Å². The maximum absolute atomic E-state index is 11.2. The average Bonchev–Trinajstić information content (AvgIpc) is 2.73. The summed E-state index contributed by atoms with van der Waals surface area (Å²) in [4.78, 5) is 11.2. The summed E-state index contributed by atoms with van der Waals surface area (Å²) in [7, 11) is 1.43. The summed E-state index contributed by atoms with van der Waals surface area (Å²) in [5.41, 5.74) is 2.42. The monoisotopic (exact) mass is 231 g/mol. The number of hydrogen-bond donors (Lipinski definition) is 0. The normalized spacial score (nSPS) is 10.7. The smallest absolute Gasteiger partial charge is 0.305 e. The minimum absolute atomic E-state index is 0.155. The Hall–Kier alpha value is -1.77. The summed E-state index contributed by atoms with van der Waals surface area (Å²) in [6, 6.07) is 10.4. The van der Waals surface area contributed by atoms with Crippen molar-refractivity contribution in [2.24, 2.45) is 0 Å². The van der Waals surface area contributed by atoms with Gasteiger partial charge < -0.3 is 9.30 Å². The van der Waals surface area contributed by atoms with Crippen molar-refractivity contribution < 1.29 is 9.53 Å². The zero-order valence-electron chi connectivity index (χ0n) is 10.3. The van der Waals surface area contributed by atoms with Crippen LogP contribution in [0.4, 0.5) is 0 Å². The second kappa shape index (κ2) is 5.04. The molecule has 1 aromatic heterocycles. The number of carbonyl (C=O) groups excluding carboxylic acids is 1. The van der Waals surface area contributed by atoms with E-state index in [1.165, 1.54) is 23.7 Å². The minimum Gasteiger partial charge on any atom is -0.469 e. The number of nitrogens with zero attached hydrogens (tertiary/aromatic N) is 1. The van der Waals surface area contributed by atoms with Crippen LogP contribution in [-0.2, 0) is 22.5 Å². The third-order valence-electron chi connectivity index (χ3n) is 3.03. The highest BCUT2D eigenvalue weighted by Gasteiger charge is 2.09. The number of carbonyl (C=O) groups is 1. The summed E-state index contributed by atoms with van der Waals surface area (Å²) < 4.78 is 6.92. The molecule has 3 nitrogen and oxygen atoms in total. The molecule has 90 valence electrons. The second-order valence-corrected chi connectivity index (χ2v) is 4.01. The molecule has 0 radical (unpaired) electrons. The molecular formula is C14H17NO2. The highest BCUT2D eigenvalue weighted by atomic mass is 16.5. The first-order chi connectivity index (χ1) is 8.26. The number of ether oxygens (including phenoxy) is 1. The fourth-order valence-corrected chi connectivity index (χ4v) is 2.18. The van der Waals surface area contributed by atoms with Gasteiger partial charge >= 0.3 is 5.97 Å². The van der Waals surface area contributed by atoms with Gasteiger partial charge in [-0.3, -0.25) is 4.79 Å². The molecule has 0 unspecified atom stereocenters. The predicted octanol–water partition coefficient (Wildman–Crippen LogP) is 2.77. The topological polar surface area (TPSA) is 31.2 Å². The maximum atomic E-state index is 11.2. The van der Waals surface area contributed by atoms with Crippen LogP contribution in [0.2, 0.25) is 0 Å². The standard InChI is InChI=1S/C14H17NO2/c1-3-15-12(8-9-14(16)17-2)10-11-6-4-5-7-13(11)15/h4-7,10H,3,8-9H2,1-2H3. The van der Waals surface area contributed by atoms with E-state index in [-0.39, 0.29) is 5.97 Å². The number of methoxy groups -OCH3 is 1. The van der Waals surface area contributed by atoms with Crippen LogP contribution in [0.25, 0.3) is 10.9 Å². The van der Waals surface area contributed by atoms with Gasteiger partial charge in [0.2, 0.25) is 0 Å². The number of aryl methyl sites for hydroxylation is 2. The van der Waals surface area contributed by atoms with Gasteiger partial charge in [-0.2, -0.15) is 0 Å². The molecule has 0 amide bonds. The molecule has 0 N–H and O–H groups in total. The Morgan fingerprint density at radius 1 is 1.35 bits per heavy atom. The van der Waals surface area contributed by atoms with Crippen LogP contribution in [0.1, 0.15) is 19.0 Å². The first-order valence-corrected chi connectivity index (χ1v) is 5.90. The van der Waals surface area contributed by atoms with Crippen LogP contribution in [0.3, 0.4) is 0 Å². The van der Waals surface area contributed by atoms with E-state index in [0.717, 1.165) is 13.0 Å². The molecule has 2 rings (SSSR count). The molecular weight excluding hydrogens is 214 g/mol. The van der Waals surface area contributed by atoms with Crippen LogP contribution in [0.15, 0.2) is 30.3 Å². The second-order valence-electron chi connectivity index (χ2n) is 4.01. The van der Waals surface area contributed by atoms with Gasteiger partial charge in [-0.1, -0.05) is 18.2 Å². The highest BCUT2D eigenvalue weighted by molar-refractivity contribution is 5.81. The van der Waals surface area contributed by atoms with Gasteiger partial charge in [-0.15, -0.1) is 0 Å². The molecule has 0 spiro atoms. The van der Waals surface area contributed by atoms with Crippen molar-refractivity contribution in [1.82, 2.24) is 4.57 Å². The van der Waals surface area contributed by atoms with E-state index in [1.54, 1.807) is 0 Å². The minimum atomic E-state index is -0.155. The van der Waals surface area contributed by atoms with Crippen LogP contribution < -0.4 is 0 Å². The maximum Gasteiger partial charge on any atom is 0.305 e. The van der Waals surface area contributed by atoms with Crippen LogP contribution in [0.5, 0.6) is 0 Å². The molecule has 3 heteroatoms. The SMILES string of the molecule is CCn1c(CCC(=O)OC)cc2ccccc21. The molecule has 2 aromatic rings. The fraction of sp³-hybridized carbons (Fsp3) is 0.357. The molecule has 0 aliphatic heterocycles. The third kappa shape index (κ3) is 2.33. The van der Waals surface area contributed by atoms with Crippen molar-refractivity contribution >= 4 is 16.9 Å². The van der Waals surface area contributed by atoms with Gasteiger partial charge in [0, 0.05) is 17.8 Å². The Kier molecular flexibility index (Phi) is 3.47. The zero-order valence-corrected chi connectivity index (χ0v) is 10.3. The van der Waals surface area contributed by atoms with E-state index in [4.69, 9.17) is 0 Å². The van der Waals surface area contributed by atoms with Crippen molar-refractivity contribution in [3.63, 3.8) is 0 Å². The van der Waals surface area contributed by atoms with Gasteiger partial charge in [0.15, 0.2) is 0 Å². The highest BCUT2D eigenvalue weighted by Crippen LogP contribution is 2.20. The lowest BCUT2D eigenvalue weighted by atomic mass is 10.2. The van der Waals surface area contributed by atoms with Crippen molar-refractivity contribution in [1.29, 1.82) is 0 Å². The van der Waals surface area contributed by atoms with E-state index < -0.39 is 0 Å². The Morgan fingerprint density at radius 2 is 2.12 bits per heavy atom. The van der Waals surface area contributed by atoms with Crippen molar-refractivity contribution in [2.45, 2.75) is 26.3 Å². The van der Waals surface area contributed by atoms with Crippen molar-refractivity contribution in [3.05, 3.63) is 36.0 Å². The van der Waals surface area contributed by atoms with E-state index in [0.29, 0.717) is 6.42 Å². The van der Waals surface area contributed by atoms with Gasteiger partial charge in [0.25, 0.3) is 0 Å². The van der Waals surface area contributed by atoms with E-state index >= 15 is 0 Å². The van der Waals surface area contributed by atoms with Crippen LogP contribution in [-0.4, -0.2) is 17.6 Å². The quantitative estimate of drug-likeness (QED) is 0.758. The molecule has 0 fully saturated rings. The molecule has 1 aromatic carbocycles. The first-order valence-electron chi connectivity index (χ1n) is 5.90. The molecule has 0 bridgehead atoms. The molecule has 17 heavy (non-hydrogen) atoms. The molecule has 0 atom stereocenters. The number of para-hydroxylation sites is 1. The Balaban J connectivity index is 2.30. The summed E-state index contributed by atoms with van der Waals surface area (Å²) in [6.45, 7) is 3.04. The van der Waals surface area contributed by atoms with E-state index in [2.05, 4.69) is 34.4 Å². The van der Waals surface area contributed by atoms with E-state index in [9.17, 15) is 4.79 Å². The summed E-state index contributed by atoms with van der Waals surface area (Å²) >= 11 is 0. The van der Waals surface area contributed by atoms with Crippen molar-refractivity contribution in [2.75, 3.05) is 7.11 Å². The number of benzene rings is 1. The number of fused-ring (bicyclic) bond motifs is 1.